The minimum Gasteiger partial charge on any atom is -0.390 e. The molecule has 2 aliphatic rings. The van der Waals surface area contributed by atoms with Gasteiger partial charge in [0, 0.05) is 6.42 Å². The molecule has 0 aliphatic heterocycles. The molecule has 2 rings (SSSR count). The van der Waals surface area contributed by atoms with Crippen LogP contribution in [-0.2, 0) is 4.79 Å². The summed E-state index contributed by atoms with van der Waals surface area (Å²) < 4.78 is 0. The molecule has 0 bridgehead atoms. The number of ketones is 1. The Hall–Kier alpha value is -0.930. The van der Waals surface area contributed by atoms with Gasteiger partial charge in [0.05, 0.1) is 6.10 Å². The van der Waals surface area contributed by atoms with Crippen LogP contribution in [0.1, 0.15) is 33.1 Å². The molecule has 2 aliphatic carbocycles. The van der Waals surface area contributed by atoms with E-state index in [2.05, 4.69) is 6.58 Å². The summed E-state index contributed by atoms with van der Waals surface area (Å²) in [5, 5.41) is 20.4. The third kappa shape index (κ3) is 1.98. The fraction of sp³-hybridized carbons (Fsp3) is 0.643. The average Bonchev–Trinajstić information content (AvgIpc) is 2.24. The molecular formula is C14H20O3. The molecule has 3 nitrogen and oxygen atoms in total. The standard InChI is InChI=1S/C14H20O3/c1-8(2)11-7-13(16)14(3,17)12-6-9(15)4-5-10(11)12/h6,10-11,13,16-17H,1,4-5,7H2,2-3H3/t10-,11-,13+,14+/m0/s1. The highest BCUT2D eigenvalue weighted by Crippen LogP contribution is 2.47. The maximum atomic E-state index is 11.5. The molecule has 0 amide bonds. The number of allylic oxidation sites excluding steroid dienone is 2. The van der Waals surface area contributed by atoms with Crippen LogP contribution in [0.25, 0.3) is 0 Å². The number of hydrogen-bond donors (Lipinski definition) is 2. The Bertz CT molecular complexity index is 392. The van der Waals surface area contributed by atoms with E-state index < -0.39 is 11.7 Å². The molecule has 2 N–H and O–H groups in total. The lowest BCUT2D eigenvalue weighted by molar-refractivity contribution is -0.117. The van der Waals surface area contributed by atoms with Gasteiger partial charge < -0.3 is 10.2 Å². The van der Waals surface area contributed by atoms with Crippen molar-refractivity contribution in [2.24, 2.45) is 11.8 Å². The van der Waals surface area contributed by atoms with Crippen LogP contribution in [-0.4, -0.2) is 27.7 Å². The molecule has 0 saturated heterocycles. The molecular weight excluding hydrogens is 216 g/mol. The SMILES string of the molecule is C=C(C)[C@@H]1C[C@@H](O)[C@](C)(O)C2=CC(=O)CC[C@H]21. The molecule has 0 heterocycles. The average molecular weight is 236 g/mol. The lowest BCUT2D eigenvalue weighted by atomic mass is 9.62. The first-order valence-electron chi connectivity index (χ1n) is 6.14. The Morgan fingerprint density at radius 1 is 1.59 bits per heavy atom. The summed E-state index contributed by atoms with van der Waals surface area (Å²) in [6.07, 6.45) is 2.53. The van der Waals surface area contributed by atoms with Crippen LogP contribution in [0.2, 0.25) is 0 Å². The Morgan fingerprint density at radius 2 is 2.24 bits per heavy atom. The van der Waals surface area contributed by atoms with Gasteiger partial charge in [0.1, 0.15) is 5.60 Å². The lowest BCUT2D eigenvalue weighted by Gasteiger charge is -2.47. The second kappa shape index (κ2) is 4.07. The predicted molar refractivity (Wildman–Crippen MR) is 65.4 cm³/mol. The van der Waals surface area contributed by atoms with E-state index in [0.717, 1.165) is 12.0 Å². The van der Waals surface area contributed by atoms with Gasteiger partial charge in [-0.3, -0.25) is 4.79 Å². The van der Waals surface area contributed by atoms with Crippen molar-refractivity contribution in [3.8, 4) is 0 Å². The van der Waals surface area contributed by atoms with Gasteiger partial charge in [-0.2, -0.15) is 0 Å². The van der Waals surface area contributed by atoms with Crippen molar-refractivity contribution in [1.82, 2.24) is 0 Å². The van der Waals surface area contributed by atoms with E-state index >= 15 is 0 Å². The van der Waals surface area contributed by atoms with E-state index in [-0.39, 0.29) is 17.6 Å². The first-order valence-corrected chi connectivity index (χ1v) is 6.14. The van der Waals surface area contributed by atoms with Crippen molar-refractivity contribution in [2.45, 2.75) is 44.8 Å². The Kier molecular flexibility index (Phi) is 3.00. The molecule has 17 heavy (non-hydrogen) atoms. The van der Waals surface area contributed by atoms with Gasteiger partial charge in [-0.1, -0.05) is 12.2 Å². The highest BCUT2D eigenvalue weighted by molar-refractivity contribution is 5.91. The van der Waals surface area contributed by atoms with Crippen molar-refractivity contribution < 1.29 is 15.0 Å². The first kappa shape index (κ1) is 12.5. The molecule has 3 heteroatoms. The maximum Gasteiger partial charge on any atom is 0.155 e. The van der Waals surface area contributed by atoms with Gasteiger partial charge in [0.2, 0.25) is 0 Å². The summed E-state index contributed by atoms with van der Waals surface area (Å²) in [5.41, 5.74) is 0.442. The van der Waals surface area contributed by atoms with Crippen molar-refractivity contribution in [2.75, 3.05) is 0 Å². The number of rotatable bonds is 1. The third-order valence-corrected chi connectivity index (χ3v) is 4.25. The smallest absolute Gasteiger partial charge is 0.155 e. The maximum absolute atomic E-state index is 11.5. The van der Waals surface area contributed by atoms with Gasteiger partial charge in [0.25, 0.3) is 0 Å². The summed E-state index contributed by atoms with van der Waals surface area (Å²) in [5.74, 6) is 0.374. The van der Waals surface area contributed by atoms with E-state index in [9.17, 15) is 15.0 Å². The summed E-state index contributed by atoms with van der Waals surface area (Å²) in [4.78, 5) is 11.5. The Morgan fingerprint density at radius 3 is 2.82 bits per heavy atom. The van der Waals surface area contributed by atoms with E-state index in [1.165, 1.54) is 6.08 Å². The van der Waals surface area contributed by atoms with E-state index in [1.54, 1.807) is 6.92 Å². The number of aliphatic hydroxyl groups excluding tert-OH is 1. The van der Waals surface area contributed by atoms with Crippen molar-refractivity contribution in [3.05, 3.63) is 23.8 Å². The molecule has 0 aromatic heterocycles. The zero-order valence-electron chi connectivity index (χ0n) is 10.4. The Labute approximate surface area is 102 Å². The molecule has 1 saturated carbocycles. The zero-order valence-corrected chi connectivity index (χ0v) is 10.4. The van der Waals surface area contributed by atoms with Crippen LogP contribution in [0, 0.1) is 11.8 Å². The molecule has 0 spiro atoms. The molecule has 0 radical (unpaired) electrons. The number of carbonyl (C=O) groups is 1. The summed E-state index contributed by atoms with van der Waals surface area (Å²) in [6, 6.07) is 0. The van der Waals surface area contributed by atoms with Gasteiger partial charge in [-0.15, -0.1) is 0 Å². The number of aliphatic hydroxyl groups is 2. The predicted octanol–water partition coefficient (Wildman–Crippen LogP) is 1.60. The van der Waals surface area contributed by atoms with Crippen LogP contribution in [0.3, 0.4) is 0 Å². The van der Waals surface area contributed by atoms with E-state index in [4.69, 9.17) is 0 Å². The topological polar surface area (TPSA) is 57.5 Å². The lowest BCUT2D eigenvalue weighted by Crippen LogP contribution is -2.51. The highest BCUT2D eigenvalue weighted by atomic mass is 16.3. The number of carbonyl (C=O) groups excluding carboxylic acids is 1. The second-order valence-corrected chi connectivity index (χ2v) is 5.56. The van der Waals surface area contributed by atoms with E-state index in [1.807, 2.05) is 6.92 Å². The van der Waals surface area contributed by atoms with Crippen molar-refractivity contribution in [1.29, 1.82) is 0 Å². The zero-order chi connectivity index (χ0) is 12.8. The van der Waals surface area contributed by atoms with Crippen LogP contribution in [0.5, 0.6) is 0 Å². The van der Waals surface area contributed by atoms with Crippen LogP contribution < -0.4 is 0 Å². The minimum absolute atomic E-state index is 0.0473. The highest BCUT2D eigenvalue weighted by Gasteiger charge is 2.48. The molecule has 0 aromatic carbocycles. The van der Waals surface area contributed by atoms with Gasteiger partial charge in [-0.25, -0.2) is 0 Å². The second-order valence-electron chi connectivity index (χ2n) is 5.56. The summed E-state index contributed by atoms with van der Waals surface area (Å²) >= 11 is 0. The molecule has 1 fully saturated rings. The van der Waals surface area contributed by atoms with Gasteiger partial charge >= 0.3 is 0 Å². The number of fused-ring (bicyclic) bond motifs is 1. The van der Waals surface area contributed by atoms with Crippen LogP contribution >= 0.6 is 0 Å². The first-order chi connectivity index (χ1) is 7.84. The van der Waals surface area contributed by atoms with Gasteiger partial charge in [0.15, 0.2) is 5.78 Å². The molecule has 0 aromatic rings. The molecule has 0 unspecified atom stereocenters. The largest absolute Gasteiger partial charge is 0.390 e. The number of hydrogen-bond acceptors (Lipinski definition) is 3. The van der Waals surface area contributed by atoms with Gasteiger partial charge in [-0.05, 0) is 50.2 Å². The quantitative estimate of drug-likeness (QED) is 0.680. The Balaban J connectivity index is 2.43. The van der Waals surface area contributed by atoms with E-state index in [0.29, 0.717) is 18.4 Å². The normalized spacial score (nSPS) is 41.8. The minimum atomic E-state index is -1.27. The fourth-order valence-electron chi connectivity index (χ4n) is 3.12. The third-order valence-electron chi connectivity index (χ3n) is 4.25. The summed E-state index contributed by atoms with van der Waals surface area (Å²) in [7, 11) is 0. The fourth-order valence-corrected chi connectivity index (χ4v) is 3.12. The monoisotopic (exact) mass is 236 g/mol. The molecule has 94 valence electrons. The van der Waals surface area contributed by atoms with Crippen molar-refractivity contribution in [3.63, 3.8) is 0 Å². The molecule has 4 atom stereocenters. The van der Waals surface area contributed by atoms with Crippen molar-refractivity contribution >= 4 is 5.78 Å². The van der Waals surface area contributed by atoms with Crippen LogP contribution in [0.4, 0.5) is 0 Å². The summed E-state index contributed by atoms with van der Waals surface area (Å²) in [6.45, 7) is 7.52. The van der Waals surface area contributed by atoms with Crippen LogP contribution in [0.15, 0.2) is 23.8 Å².